The number of morpholine rings is 1. The van der Waals surface area contributed by atoms with E-state index in [1.54, 1.807) is 4.31 Å². The van der Waals surface area contributed by atoms with Gasteiger partial charge < -0.3 is 10.5 Å². The number of hydrogen-bond acceptors (Lipinski definition) is 4. The van der Waals surface area contributed by atoms with Crippen molar-refractivity contribution in [1.82, 2.24) is 8.61 Å². The lowest BCUT2D eigenvalue weighted by Crippen LogP contribution is -2.57. The van der Waals surface area contributed by atoms with Crippen LogP contribution in [0.1, 0.15) is 19.8 Å². The molecule has 0 amide bonds. The molecular weight excluding hydrogens is 254 g/mol. The summed E-state index contributed by atoms with van der Waals surface area (Å²) in [7, 11) is -3.36. The molecule has 2 saturated heterocycles. The number of rotatable bonds is 3. The summed E-state index contributed by atoms with van der Waals surface area (Å²) in [6.07, 6.45) is 1.88. The molecule has 2 fully saturated rings. The molecule has 6 nitrogen and oxygen atoms in total. The Morgan fingerprint density at radius 3 is 2.56 bits per heavy atom. The molecule has 2 N–H and O–H groups in total. The molecule has 2 aliphatic heterocycles. The highest BCUT2D eigenvalue weighted by atomic mass is 32.2. The minimum absolute atomic E-state index is 0.219. The first-order valence-electron chi connectivity index (χ1n) is 6.60. The van der Waals surface area contributed by atoms with Crippen LogP contribution >= 0.6 is 0 Å². The van der Waals surface area contributed by atoms with Crippen LogP contribution in [0.25, 0.3) is 0 Å². The molecule has 2 rings (SSSR count). The van der Waals surface area contributed by atoms with Crippen molar-refractivity contribution < 1.29 is 13.2 Å². The van der Waals surface area contributed by atoms with Crippen molar-refractivity contribution in [1.29, 1.82) is 0 Å². The van der Waals surface area contributed by atoms with Crippen molar-refractivity contribution in [3.8, 4) is 0 Å². The number of nitrogens with two attached hydrogens (primary N) is 1. The zero-order valence-corrected chi connectivity index (χ0v) is 11.7. The Morgan fingerprint density at radius 2 is 1.94 bits per heavy atom. The molecule has 0 spiro atoms. The van der Waals surface area contributed by atoms with Gasteiger partial charge in [0.2, 0.25) is 0 Å². The number of piperidine rings is 1. The quantitative estimate of drug-likeness (QED) is 0.763. The van der Waals surface area contributed by atoms with Gasteiger partial charge in [-0.15, -0.1) is 0 Å². The summed E-state index contributed by atoms with van der Waals surface area (Å²) in [4.78, 5) is 0. The second kappa shape index (κ2) is 5.83. The molecular formula is C11H23N3O3S. The maximum absolute atomic E-state index is 12.6. The van der Waals surface area contributed by atoms with Gasteiger partial charge in [0, 0.05) is 26.2 Å². The molecule has 106 valence electrons. The van der Waals surface area contributed by atoms with E-state index in [1.807, 2.05) is 0 Å². The van der Waals surface area contributed by atoms with E-state index < -0.39 is 10.2 Å². The van der Waals surface area contributed by atoms with Crippen molar-refractivity contribution in [3.63, 3.8) is 0 Å². The van der Waals surface area contributed by atoms with Crippen molar-refractivity contribution in [2.45, 2.75) is 25.8 Å². The van der Waals surface area contributed by atoms with Crippen LogP contribution in [0.4, 0.5) is 0 Å². The maximum atomic E-state index is 12.6. The Labute approximate surface area is 109 Å². The highest BCUT2D eigenvalue weighted by Gasteiger charge is 2.37. The largest absolute Gasteiger partial charge is 0.378 e. The Morgan fingerprint density at radius 1 is 1.28 bits per heavy atom. The van der Waals surface area contributed by atoms with Gasteiger partial charge in [-0.1, -0.05) is 6.92 Å². The lowest BCUT2D eigenvalue weighted by molar-refractivity contribution is 0.0323. The Hall–Kier alpha value is -0.210. The molecule has 1 atom stereocenters. The Bertz CT molecular complexity index is 366. The predicted molar refractivity (Wildman–Crippen MR) is 69.3 cm³/mol. The normalized spacial score (nSPS) is 29.6. The van der Waals surface area contributed by atoms with Crippen molar-refractivity contribution in [2.24, 2.45) is 11.7 Å². The number of nitrogens with zero attached hydrogens (tertiary/aromatic N) is 2. The van der Waals surface area contributed by atoms with Crippen LogP contribution in [0.15, 0.2) is 0 Å². The first kappa shape index (κ1) is 14.2. The molecule has 18 heavy (non-hydrogen) atoms. The van der Waals surface area contributed by atoms with Gasteiger partial charge in [0.25, 0.3) is 10.2 Å². The van der Waals surface area contributed by atoms with Crippen LogP contribution in [0.3, 0.4) is 0 Å². The maximum Gasteiger partial charge on any atom is 0.282 e. The van der Waals surface area contributed by atoms with Gasteiger partial charge in [0.15, 0.2) is 0 Å². The van der Waals surface area contributed by atoms with Crippen LogP contribution in [-0.4, -0.2) is 62.5 Å². The third kappa shape index (κ3) is 2.85. The minimum atomic E-state index is -3.36. The third-order valence-electron chi connectivity index (χ3n) is 3.81. The van der Waals surface area contributed by atoms with Gasteiger partial charge >= 0.3 is 0 Å². The molecule has 0 bridgehead atoms. The standard InChI is InChI=1S/C11H23N3O3S/c1-10-2-4-13(5-3-10)18(15,16)14-6-7-17-9-11(14)8-12/h10-11H,2-9,12H2,1H3. The fourth-order valence-corrected chi connectivity index (χ4v) is 4.29. The summed E-state index contributed by atoms with van der Waals surface area (Å²) in [5, 5.41) is 0. The molecule has 7 heteroatoms. The van der Waals surface area contributed by atoms with Gasteiger partial charge in [-0.25, -0.2) is 0 Å². The monoisotopic (exact) mass is 277 g/mol. The summed E-state index contributed by atoms with van der Waals surface area (Å²) >= 11 is 0. The summed E-state index contributed by atoms with van der Waals surface area (Å²) in [6.45, 7) is 5.00. The van der Waals surface area contributed by atoms with E-state index in [1.165, 1.54) is 4.31 Å². The zero-order chi connectivity index (χ0) is 13.2. The third-order valence-corrected chi connectivity index (χ3v) is 5.90. The van der Waals surface area contributed by atoms with E-state index in [4.69, 9.17) is 10.5 Å². The molecule has 0 radical (unpaired) electrons. The molecule has 1 unspecified atom stereocenters. The van der Waals surface area contributed by atoms with E-state index in [9.17, 15) is 8.42 Å². The lowest BCUT2D eigenvalue weighted by Gasteiger charge is -2.39. The fraction of sp³-hybridized carbons (Fsp3) is 1.00. The number of ether oxygens (including phenoxy) is 1. The van der Waals surface area contributed by atoms with Gasteiger partial charge in [-0.05, 0) is 18.8 Å². The smallest absolute Gasteiger partial charge is 0.282 e. The second-order valence-corrected chi connectivity index (χ2v) is 7.05. The molecule has 0 aromatic carbocycles. The van der Waals surface area contributed by atoms with Crippen molar-refractivity contribution in [3.05, 3.63) is 0 Å². The Kier molecular flexibility index (Phi) is 4.60. The van der Waals surface area contributed by atoms with Gasteiger partial charge in [-0.2, -0.15) is 17.0 Å². The lowest BCUT2D eigenvalue weighted by atomic mass is 10.0. The molecule has 0 aromatic rings. The molecule has 0 aliphatic carbocycles. The highest BCUT2D eigenvalue weighted by molar-refractivity contribution is 7.86. The van der Waals surface area contributed by atoms with E-state index in [2.05, 4.69) is 6.92 Å². The zero-order valence-electron chi connectivity index (χ0n) is 10.9. The van der Waals surface area contributed by atoms with Gasteiger partial charge in [0.1, 0.15) is 0 Å². The van der Waals surface area contributed by atoms with Crippen LogP contribution in [0, 0.1) is 5.92 Å². The highest BCUT2D eigenvalue weighted by Crippen LogP contribution is 2.22. The van der Waals surface area contributed by atoms with Crippen LogP contribution in [0.2, 0.25) is 0 Å². The van der Waals surface area contributed by atoms with Crippen molar-refractivity contribution >= 4 is 10.2 Å². The summed E-state index contributed by atoms with van der Waals surface area (Å²) in [5.41, 5.74) is 5.64. The fourth-order valence-electron chi connectivity index (χ4n) is 2.49. The van der Waals surface area contributed by atoms with E-state index in [0.29, 0.717) is 45.3 Å². The van der Waals surface area contributed by atoms with Crippen LogP contribution in [0.5, 0.6) is 0 Å². The predicted octanol–water partition coefficient (Wildman–Crippen LogP) is -0.377. The van der Waals surface area contributed by atoms with Crippen molar-refractivity contribution in [2.75, 3.05) is 39.4 Å². The SMILES string of the molecule is CC1CCN(S(=O)(=O)N2CCOCC2CN)CC1. The Balaban J connectivity index is 2.09. The van der Waals surface area contributed by atoms with Gasteiger partial charge in [-0.3, -0.25) is 0 Å². The molecule has 0 saturated carbocycles. The molecule has 2 aliphatic rings. The molecule has 0 aromatic heterocycles. The first-order chi connectivity index (χ1) is 8.55. The van der Waals surface area contributed by atoms with E-state index in [0.717, 1.165) is 12.8 Å². The topological polar surface area (TPSA) is 75.9 Å². The van der Waals surface area contributed by atoms with E-state index in [-0.39, 0.29) is 6.04 Å². The summed E-state index contributed by atoms with van der Waals surface area (Å²) < 4.78 is 33.5. The van der Waals surface area contributed by atoms with Crippen LogP contribution in [-0.2, 0) is 14.9 Å². The van der Waals surface area contributed by atoms with Crippen LogP contribution < -0.4 is 5.73 Å². The minimum Gasteiger partial charge on any atom is -0.378 e. The molecule has 2 heterocycles. The van der Waals surface area contributed by atoms with Gasteiger partial charge in [0.05, 0.1) is 19.3 Å². The van der Waals surface area contributed by atoms with E-state index >= 15 is 0 Å². The summed E-state index contributed by atoms with van der Waals surface area (Å²) in [6, 6.07) is -0.219. The summed E-state index contributed by atoms with van der Waals surface area (Å²) in [5.74, 6) is 0.617. The average molecular weight is 277 g/mol. The first-order valence-corrected chi connectivity index (χ1v) is 8.00. The number of hydrogen-bond donors (Lipinski definition) is 1. The average Bonchev–Trinajstić information content (AvgIpc) is 2.39. The second-order valence-electron chi connectivity index (χ2n) is 5.16.